The number of terminal acetylenes is 2. The first-order valence-electron chi connectivity index (χ1n) is 8.41. The Bertz CT molecular complexity index is 951. The molecule has 1 N–H and O–H groups in total. The Morgan fingerprint density at radius 2 is 1.66 bits per heavy atom. The third-order valence-electron chi connectivity index (χ3n) is 3.67. The van der Waals surface area contributed by atoms with Gasteiger partial charge in [-0.05, 0) is 35.9 Å². The van der Waals surface area contributed by atoms with Crippen molar-refractivity contribution in [1.29, 1.82) is 0 Å². The van der Waals surface area contributed by atoms with Gasteiger partial charge in [-0.2, -0.15) is 0 Å². The number of benzene rings is 2. The summed E-state index contributed by atoms with van der Waals surface area (Å²) in [5.41, 5.74) is 1.20. The molecule has 29 heavy (non-hydrogen) atoms. The molecule has 148 valence electrons. The van der Waals surface area contributed by atoms with Crippen molar-refractivity contribution < 1.29 is 23.8 Å². The number of hydrogen-bond acceptors (Lipinski definition) is 5. The van der Waals surface area contributed by atoms with Gasteiger partial charge < -0.3 is 19.5 Å². The second kappa shape index (κ2) is 10.7. The first-order chi connectivity index (χ1) is 14.0. The highest BCUT2D eigenvalue weighted by Crippen LogP contribution is 2.23. The van der Waals surface area contributed by atoms with Gasteiger partial charge in [-0.15, -0.1) is 12.8 Å². The van der Waals surface area contributed by atoms with Crippen molar-refractivity contribution in [3.63, 3.8) is 0 Å². The molecular weight excluding hydrogens is 394 g/mol. The van der Waals surface area contributed by atoms with Gasteiger partial charge in [-0.3, -0.25) is 4.79 Å². The number of ether oxygens (including phenoxy) is 3. The molecule has 0 unspecified atom stereocenters. The first-order valence-corrected chi connectivity index (χ1v) is 8.78. The lowest BCUT2D eigenvalue weighted by molar-refractivity contribution is 0.0600. The molecule has 0 aliphatic heterocycles. The van der Waals surface area contributed by atoms with Gasteiger partial charge in [0.25, 0.3) is 5.91 Å². The van der Waals surface area contributed by atoms with Gasteiger partial charge in [0.05, 0.1) is 17.7 Å². The lowest BCUT2D eigenvalue weighted by Gasteiger charge is -2.11. The van der Waals surface area contributed by atoms with Gasteiger partial charge in [0.1, 0.15) is 24.7 Å². The smallest absolute Gasteiger partial charge is 0.339 e. The number of esters is 1. The molecule has 2 rings (SSSR count). The second-order valence-electron chi connectivity index (χ2n) is 5.67. The van der Waals surface area contributed by atoms with Crippen molar-refractivity contribution in [3.05, 3.63) is 58.1 Å². The largest absolute Gasteiger partial charge is 0.481 e. The van der Waals surface area contributed by atoms with Crippen LogP contribution in [0.1, 0.15) is 26.3 Å². The van der Waals surface area contributed by atoms with Crippen molar-refractivity contribution in [3.8, 4) is 36.2 Å². The zero-order valence-corrected chi connectivity index (χ0v) is 16.4. The van der Waals surface area contributed by atoms with Gasteiger partial charge in [0, 0.05) is 18.2 Å². The molecule has 0 aliphatic rings. The van der Waals surface area contributed by atoms with Crippen molar-refractivity contribution >= 4 is 23.5 Å². The van der Waals surface area contributed by atoms with Crippen LogP contribution in [0.15, 0.2) is 36.4 Å². The average Bonchev–Trinajstić information content (AvgIpc) is 2.73. The SMILES string of the molecule is C#CCOc1cc(CNC(=O)c2ccc(C(=O)OC)c(Cl)c2)cc(OCC#C)c1. The number of carbonyl (C=O) groups excluding carboxylic acids is 2. The molecule has 7 heteroatoms. The Morgan fingerprint density at radius 3 is 2.17 bits per heavy atom. The molecule has 0 fully saturated rings. The van der Waals surface area contributed by atoms with E-state index in [2.05, 4.69) is 21.9 Å². The van der Waals surface area contributed by atoms with E-state index in [1.54, 1.807) is 18.2 Å². The molecule has 2 aromatic carbocycles. The Labute approximate surface area is 174 Å². The van der Waals surface area contributed by atoms with E-state index >= 15 is 0 Å². The molecule has 1 amide bonds. The highest BCUT2D eigenvalue weighted by Gasteiger charge is 2.14. The van der Waals surface area contributed by atoms with E-state index in [0.717, 1.165) is 5.56 Å². The van der Waals surface area contributed by atoms with E-state index in [1.165, 1.54) is 25.3 Å². The van der Waals surface area contributed by atoms with Crippen LogP contribution >= 0.6 is 11.6 Å². The van der Waals surface area contributed by atoms with E-state index in [1.807, 2.05) is 0 Å². The van der Waals surface area contributed by atoms with Gasteiger partial charge >= 0.3 is 5.97 Å². The minimum atomic E-state index is -0.578. The third kappa shape index (κ3) is 6.21. The Balaban J connectivity index is 2.12. The van der Waals surface area contributed by atoms with Crippen molar-refractivity contribution in [1.82, 2.24) is 5.32 Å². The lowest BCUT2D eigenvalue weighted by Crippen LogP contribution is -2.23. The quantitative estimate of drug-likeness (QED) is 0.533. The van der Waals surface area contributed by atoms with Gasteiger partial charge in [-0.25, -0.2) is 4.79 Å². The minimum absolute atomic E-state index is 0.0927. The fourth-order valence-corrected chi connectivity index (χ4v) is 2.62. The van der Waals surface area contributed by atoms with Crippen LogP contribution in [0.5, 0.6) is 11.5 Å². The van der Waals surface area contributed by atoms with Crippen LogP contribution in [0.3, 0.4) is 0 Å². The number of nitrogens with one attached hydrogen (secondary N) is 1. The van der Waals surface area contributed by atoms with Crippen molar-refractivity contribution in [2.45, 2.75) is 6.54 Å². The standard InChI is InChI=1S/C22H18ClNO5/c1-4-8-28-17-10-15(11-18(13-17)29-9-5-2)14-24-21(25)16-6-7-19(20(23)12-16)22(26)27-3/h1-2,6-7,10-13H,8-9,14H2,3H3,(H,24,25). The monoisotopic (exact) mass is 411 g/mol. The van der Waals surface area contributed by atoms with Crippen LogP contribution < -0.4 is 14.8 Å². The zero-order chi connectivity index (χ0) is 21.2. The third-order valence-corrected chi connectivity index (χ3v) is 3.99. The summed E-state index contributed by atoms with van der Waals surface area (Å²) < 4.78 is 15.5. The molecule has 0 bridgehead atoms. The number of carbonyl (C=O) groups is 2. The zero-order valence-electron chi connectivity index (χ0n) is 15.7. The predicted molar refractivity (Wildman–Crippen MR) is 109 cm³/mol. The molecule has 6 nitrogen and oxygen atoms in total. The van der Waals surface area contributed by atoms with Crippen LogP contribution in [0.25, 0.3) is 0 Å². The van der Waals surface area contributed by atoms with Crippen LogP contribution in [0, 0.1) is 24.7 Å². The number of amides is 1. The van der Waals surface area contributed by atoms with Gasteiger partial charge in [0.2, 0.25) is 0 Å². The van der Waals surface area contributed by atoms with Crippen molar-refractivity contribution in [2.24, 2.45) is 0 Å². The first kappa shape index (κ1) is 21.7. The molecule has 0 atom stereocenters. The van der Waals surface area contributed by atoms with Crippen LogP contribution in [0.4, 0.5) is 0 Å². The second-order valence-corrected chi connectivity index (χ2v) is 6.07. The van der Waals surface area contributed by atoms with Crippen LogP contribution in [-0.2, 0) is 11.3 Å². The Morgan fingerprint density at radius 1 is 1.03 bits per heavy atom. The number of methoxy groups -OCH3 is 1. The predicted octanol–water partition coefficient (Wildman–Crippen LogP) is 3.08. The summed E-state index contributed by atoms with van der Waals surface area (Å²) in [6, 6.07) is 9.44. The molecule has 0 radical (unpaired) electrons. The molecule has 0 aliphatic carbocycles. The average molecular weight is 412 g/mol. The highest BCUT2D eigenvalue weighted by atomic mass is 35.5. The fraction of sp³-hybridized carbons (Fsp3) is 0.182. The molecule has 0 aromatic heterocycles. The maximum atomic E-state index is 12.4. The maximum Gasteiger partial charge on any atom is 0.339 e. The van der Waals surface area contributed by atoms with E-state index in [4.69, 9.17) is 33.9 Å². The van der Waals surface area contributed by atoms with E-state index in [0.29, 0.717) is 17.1 Å². The fourth-order valence-electron chi connectivity index (χ4n) is 2.37. The van der Waals surface area contributed by atoms with Gasteiger partial charge in [0.15, 0.2) is 0 Å². The van der Waals surface area contributed by atoms with Crippen LogP contribution in [0.2, 0.25) is 5.02 Å². The Kier molecular flexibility index (Phi) is 7.97. The summed E-state index contributed by atoms with van der Waals surface area (Å²) in [5, 5.41) is 2.89. The molecule has 2 aromatic rings. The maximum absolute atomic E-state index is 12.4. The Hall–Kier alpha value is -3.61. The molecule has 0 heterocycles. The van der Waals surface area contributed by atoms with Gasteiger partial charge in [-0.1, -0.05) is 23.4 Å². The van der Waals surface area contributed by atoms with Crippen molar-refractivity contribution in [2.75, 3.05) is 20.3 Å². The summed E-state index contributed by atoms with van der Waals surface area (Å²) in [7, 11) is 1.25. The molecule has 0 saturated carbocycles. The normalized spacial score (nSPS) is 9.66. The number of hydrogen-bond donors (Lipinski definition) is 1. The molecule has 0 saturated heterocycles. The van der Waals surface area contributed by atoms with E-state index in [9.17, 15) is 9.59 Å². The minimum Gasteiger partial charge on any atom is -0.481 e. The number of halogens is 1. The molecule has 0 spiro atoms. The topological polar surface area (TPSA) is 73.9 Å². The summed E-state index contributed by atoms with van der Waals surface area (Å²) >= 11 is 6.06. The van der Waals surface area contributed by atoms with Crippen LogP contribution in [-0.4, -0.2) is 32.2 Å². The highest BCUT2D eigenvalue weighted by molar-refractivity contribution is 6.34. The number of rotatable bonds is 8. The summed E-state index contributed by atoms with van der Waals surface area (Å²) in [4.78, 5) is 24.0. The summed E-state index contributed by atoms with van der Waals surface area (Å²) in [6.07, 6.45) is 10.4. The molecular formula is C22H18ClNO5. The summed E-state index contributed by atoms with van der Waals surface area (Å²) in [5.74, 6) is 4.80. The summed E-state index contributed by atoms with van der Waals surface area (Å²) in [6.45, 7) is 0.375. The van der Waals surface area contributed by atoms with E-state index < -0.39 is 5.97 Å². The lowest BCUT2D eigenvalue weighted by atomic mass is 10.1. The van der Waals surface area contributed by atoms with E-state index in [-0.39, 0.29) is 36.3 Å².